The second-order valence-electron chi connectivity index (χ2n) is 7.03. The second-order valence-corrected chi connectivity index (χ2v) is 9.07. The zero-order valence-corrected chi connectivity index (χ0v) is 17.5. The molecule has 1 N–H and O–H groups in total. The largest absolute Gasteiger partial charge is 0.484 e. The number of ether oxygens (including phenoxy) is 1. The number of likely N-dealkylation sites (N-methyl/N-ethyl adjacent to an activating group) is 1. The van der Waals surface area contributed by atoms with Gasteiger partial charge in [-0.05, 0) is 37.1 Å². The van der Waals surface area contributed by atoms with E-state index in [1.54, 1.807) is 38.4 Å². The summed E-state index contributed by atoms with van der Waals surface area (Å²) in [4.78, 5) is 25.8. The van der Waals surface area contributed by atoms with E-state index in [0.717, 1.165) is 12.8 Å². The summed E-state index contributed by atoms with van der Waals surface area (Å²) in [6.45, 7) is 2.33. The van der Waals surface area contributed by atoms with Gasteiger partial charge in [0.1, 0.15) is 11.8 Å². The Hall–Kier alpha value is -2.13. The first-order chi connectivity index (χ1) is 13.2. The molecular formula is C19H29N3O5S. The van der Waals surface area contributed by atoms with Crippen LogP contribution in [0.3, 0.4) is 0 Å². The van der Waals surface area contributed by atoms with Gasteiger partial charge in [-0.25, -0.2) is 8.42 Å². The summed E-state index contributed by atoms with van der Waals surface area (Å²) in [5.41, 5.74) is 0.550. The summed E-state index contributed by atoms with van der Waals surface area (Å²) in [6, 6.07) is 5.96. The Kier molecular flexibility index (Phi) is 7.82. The number of sulfonamides is 1. The van der Waals surface area contributed by atoms with Gasteiger partial charge in [-0.3, -0.25) is 9.59 Å². The van der Waals surface area contributed by atoms with Gasteiger partial charge in [-0.15, -0.1) is 0 Å². The van der Waals surface area contributed by atoms with E-state index in [1.807, 2.05) is 6.92 Å². The lowest BCUT2D eigenvalue weighted by atomic mass is 10.1. The van der Waals surface area contributed by atoms with E-state index >= 15 is 0 Å². The van der Waals surface area contributed by atoms with Crippen LogP contribution in [-0.4, -0.2) is 68.5 Å². The fourth-order valence-corrected chi connectivity index (χ4v) is 4.67. The van der Waals surface area contributed by atoms with Crippen LogP contribution in [0.2, 0.25) is 0 Å². The number of carbonyl (C=O) groups is 2. The van der Waals surface area contributed by atoms with E-state index in [4.69, 9.17) is 4.74 Å². The lowest BCUT2D eigenvalue weighted by molar-refractivity contribution is -0.130. The number of nitrogens with zero attached hydrogens (tertiary/aromatic N) is 2. The van der Waals surface area contributed by atoms with Gasteiger partial charge in [-0.2, -0.15) is 4.31 Å². The summed E-state index contributed by atoms with van der Waals surface area (Å²) in [5, 5.41) is 2.80. The van der Waals surface area contributed by atoms with Crippen LogP contribution in [0, 0.1) is 0 Å². The lowest BCUT2D eigenvalue weighted by Crippen LogP contribution is -2.44. The molecule has 0 bridgehead atoms. The van der Waals surface area contributed by atoms with Crippen molar-refractivity contribution in [2.24, 2.45) is 0 Å². The molecule has 0 radical (unpaired) electrons. The number of hydrogen-bond acceptors (Lipinski definition) is 5. The number of amides is 2. The van der Waals surface area contributed by atoms with E-state index in [2.05, 4.69) is 5.32 Å². The molecule has 0 aromatic heterocycles. The fraction of sp³-hybridized carbons (Fsp3) is 0.579. The normalized spacial score (nSPS) is 17.1. The number of anilines is 1. The predicted octanol–water partition coefficient (Wildman–Crippen LogP) is 1.69. The number of benzene rings is 1. The first-order valence-electron chi connectivity index (χ1n) is 9.48. The van der Waals surface area contributed by atoms with Gasteiger partial charge in [0, 0.05) is 26.3 Å². The molecular weight excluding hydrogens is 382 g/mol. The highest BCUT2D eigenvalue weighted by Gasteiger charge is 2.37. The number of carbonyl (C=O) groups excluding carboxylic acids is 2. The maximum Gasteiger partial charge on any atom is 0.259 e. The molecule has 9 heteroatoms. The number of nitrogens with one attached hydrogen (secondary N) is 1. The monoisotopic (exact) mass is 411 g/mol. The Morgan fingerprint density at radius 1 is 1.25 bits per heavy atom. The van der Waals surface area contributed by atoms with Crippen molar-refractivity contribution in [3.05, 3.63) is 24.3 Å². The van der Waals surface area contributed by atoms with Crippen LogP contribution >= 0.6 is 0 Å². The zero-order chi connectivity index (χ0) is 20.7. The third-order valence-electron chi connectivity index (χ3n) is 4.60. The van der Waals surface area contributed by atoms with Crippen LogP contribution in [0.25, 0.3) is 0 Å². The number of hydrogen-bond donors (Lipinski definition) is 1. The molecule has 1 aliphatic heterocycles. The van der Waals surface area contributed by atoms with Crippen molar-refractivity contribution in [3.63, 3.8) is 0 Å². The van der Waals surface area contributed by atoms with Gasteiger partial charge < -0.3 is 15.0 Å². The highest BCUT2D eigenvalue weighted by atomic mass is 32.2. The van der Waals surface area contributed by atoms with Gasteiger partial charge in [0.15, 0.2) is 6.61 Å². The second kappa shape index (κ2) is 9.88. The molecule has 28 heavy (non-hydrogen) atoms. The van der Waals surface area contributed by atoms with Gasteiger partial charge >= 0.3 is 0 Å². The van der Waals surface area contributed by atoms with E-state index in [0.29, 0.717) is 30.8 Å². The van der Waals surface area contributed by atoms with Gasteiger partial charge in [0.05, 0.1) is 5.75 Å². The van der Waals surface area contributed by atoms with E-state index < -0.39 is 16.1 Å². The highest BCUT2D eigenvalue weighted by Crippen LogP contribution is 2.23. The number of unbranched alkanes of at least 4 members (excludes halogenated alkanes) is 1. The Morgan fingerprint density at radius 3 is 2.46 bits per heavy atom. The van der Waals surface area contributed by atoms with Crippen molar-refractivity contribution in [3.8, 4) is 5.75 Å². The standard InChI is InChI=1S/C19H29N3O5S/c1-4-5-7-17(22-12-6-13-28(22,25)26)19(24)20-15-8-10-16(11-9-15)27-14-18(23)21(2)3/h8-11,17H,4-7,12-14H2,1-3H3,(H,20,24)/t17-/m1/s1. The van der Waals surface area contributed by atoms with Crippen LogP contribution in [0.15, 0.2) is 24.3 Å². The quantitative estimate of drug-likeness (QED) is 0.667. The summed E-state index contributed by atoms with van der Waals surface area (Å²) < 4.78 is 31.2. The summed E-state index contributed by atoms with van der Waals surface area (Å²) in [6.07, 6.45) is 2.71. The molecule has 8 nitrogen and oxygen atoms in total. The van der Waals surface area contributed by atoms with Crippen LogP contribution in [0.1, 0.15) is 32.6 Å². The molecule has 1 saturated heterocycles. The first kappa shape index (κ1) is 22.2. The molecule has 156 valence electrons. The minimum absolute atomic E-state index is 0.0649. The Balaban J connectivity index is 2.01. The molecule has 1 fully saturated rings. The van der Waals surface area contributed by atoms with E-state index in [-0.39, 0.29) is 24.2 Å². The molecule has 1 heterocycles. The third-order valence-corrected chi connectivity index (χ3v) is 6.56. The smallest absolute Gasteiger partial charge is 0.259 e. The van der Waals surface area contributed by atoms with Crippen LogP contribution in [0.5, 0.6) is 5.75 Å². The van der Waals surface area contributed by atoms with Gasteiger partial charge in [0.2, 0.25) is 15.9 Å². The predicted molar refractivity (Wildman–Crippen MR) is 108 cm³/mol. The molecule has 1 atom stereocenters. The SMILES string of the molecule is CCCC[C@H](C(=O)Nc1ccc(OCC(=O)N(C)C)cc1)N1CCCS1(=O)=O. The molecule has 0 spiro atoms. The topological polar surface area (TPSA) is 96.0 Å². The van der Waals surface area contributed by atoms with Crippen LogP contribution < -0.4 is 10.1 Å². The fourth-order valence-electron chi connectivity index (χ4n) is 2.95. The summed E-state index contributed by atoms with van der Waals surface area (Å²) in [7, 11) is -0.0615. The summed E-state index contributed by atoms with van der Waals surface area (Å²) >= 11 is 0. The van der Waals surface area contributed by atoms with Crippen molar-refractivity contribution < 1.29 is 22.7 Å². The minimum Gasteiger partial charge on any atom is -0.484 e. The Bertz CT molecular complexity index is 777. The highest BCUT2D eigenvalue weighted by molar-refractivity contribution is 7.89. The van der Waals surface area contributed by atoms with Gasteiger partial charge in [0.25, 0.3) is 5.91 Å². The van der Waals surface area contributed by atoms with Crippen LogP contribution in [-0.2, 0) is 19.6 Å². The van der Waals surface area contributed by atoms with Crippen molar-refractivity contribution >= 4 is 27.5 Å². The average Bonchev–Trinajstić information content (AvgIpc) is 3.00. The maximum absolute atomic E-state index is 12.8. The average molecular weight is 412 g/mol. The van der Waals surface area contributed by atoms with Crippen molar-refractivity contribution in [1.29, 1.82) is 0 Å². The molecule has 1 aliphatic rings. The zero-order valence-electron chi connectivity index (χ0n) is 16.7. The van der Waals surface area contributed by atoms with Gasteiger partial charge in [-0.1, -0.05) is 19.8 Å². The maximum atomic E-state index is 12.8. The Labute approximate surface area is 166 Å². The molecule has 2 amide bonds. The molecule has 0 unspecified atom stereocenters. The molecule has 1 aromatic rings. The van der Waals surface area contributed by atoms with Crippen LogP contribution in [0.4, 0.5) is 5.69 Å². The number of rotatable bonds is 9. The minimum atomic E-state index is -3.37. The van der Waals surface area contributed by atoms with E-state index in [9.17, 15) is 18.0 Å². The molecule has 0 aliphatic carbocycles. The lowest BCUT2D eigenvalue weighted by Gasteiger charge is -2.25. The Morgan fingerprint density at radius 2 is 1.93 bits per heavy atom. The molecule has 1 aromatic carbocycles. The van der Waals surface area contributed by atoms with Crippen molar-refractivity contribution in [2.75, 3.05) is 38.3 Å². The van der Waals surface area contributed by atoms with E-state index in [1.165, 1.54) is 9.21 Å². The molecule has 0 saturated carbocycles. The molecule has 2 rings (SSSR count). The van der Waals surface area contributed by atoms with Crippen molar-refractivity contribution in [2.45, 2.75) is 38.6 Å². The third kappa shape index (κ3) is 5.93. The van der Waals surface area contributed by atoms with Crippen molar-refractivity contribution in [1.82, 2.24) is 9.21 Å². The first-order valence-corrected chi connectivity index (χ1v) is 11.1. The summed E-state index contributed by atoms with van der Waals surface area (Å²) in [5.74, 6) is 0.136.